The van der Waals surface area contributed by atoms with Crippen molar-refractivity contribution in [2.45, 2.75) is 31.7 Å². The van der Waals surface area contributed by atoms with Gasteiger partial charge in [-0.1, -0.05) is 12.1 Å². The predicted molar refractivity (Wildman–Crippen MR) is 115 cm³/mol. The fraction of sp³-hybridized carbons (Fsp3) is 0.435. The van der Waals surface area contributed by atoms with E-state index in [0.717, 1.165) is 48.2 Å². The van der Waals surface area contributed by atoms with E-state index in [1.54, 1.807) is 18.3 Å². The van der Waals surface area contributed by atoms with Crippen molar-refractivity contribution < 1.29 is 8.78 Å². The lowest BCUT2D eigenvalue weighted by atomic mass is 10.0. The molecule has 3 aromatic rings. The van der Waals surface area contributed by atoms with Gasteiger partial charge in [-0.25, -0.2) is 13.8 Å². The van der Waals surface area contributed by atoms with Gasteiger partial charge < -0.3 is 10.2 Å². The van der Waals surface area contributed by atoms with E-state index in [1.165, 1.54) is 0 Å². The van der Waals surface area contributed by atoms with Gasteiger partial charge in [-0.3, -0.25) is 4.68 Å². The molecule has 8 heteroatoms. The number of nitrogens with zero attached hydrogens (tertiary/aromatic N) is 5. The molecule has 0 aliphatic carbocycles. The zero-order valence-electron chi connectivity index (χ0n) is 17.2. The van der Waals surface area contributed by atoms with Crippen LogP contribution < -0.4 is 10.2 Å². The Kier molecular flexibility index (Phi) is 5.06. The molecule has 0 amide bonds. The SMILES string of the molecule is N#Cc1ccc(-c2cc3c(cnn3C[C@H]3CCNC3)nc2N2CCC(F)(F)CC2)cc1. The fourth-order valence-corrected chi connectivity index (χ4v) is 4.48. The molecule has 2 aliphatic rings. The Hall–Kier alpha value is -3.05. The molecule has 4 heterocycles. The average molecular weight is 422 g/mol. The minimum Gasteiger partial charge on any atom is -0.356 e. The molecule has 6 nitrogen and oxygen atoms in total. The third-order valence-electron chi connectivity index (χ3n) is 6.32. The second-order valence-electron chi connectivity index (χ2n) is 8.48. The molecule has 31 heavy (non-hydrogen) atoms. The number of halogens is 2. The topological polar surface area (TPSA) is 69.8 Å². The molecule has 0 bridgehead atoms. The van der Waals surface area contributed by atoms with E-state index >= 15 is 0 Å². The first-order valence-corrected chi connectivity index (χ1v) is 10.7. The molecule has 2 saturated heterocycles. The van der Waals surface area contributed by atoms with Gasteiger partial charge in [0.15, 0.2) is 0 Å². The fourth-order valence-electron chi connectivity index (χ4n) is 4.48. The highest BCUT2D eigenvalue weighted by Gasteiger charge is 2.35. The van der Waals surface area contributed by atoms with E-state index in [-0.39, 0.29) is 25.9 Å². The molecule has 160 valence electrons. The Morgan fingerprint density at radius 3 is 2.65 bits per heavy atom. The maximum absolute atomic E-state index is 13.8. The highest BCUT2D eigenvalue weighted by Crippen LogP contribution is 2.37. The van der Waals surface area contributed by atoms with Crippen molar-refractivity contribution in [1.29, 1.82) is 5.26 Å². The molecule has 2 aromatic heterocycles. The van der Waals surface area contributed by atoms with Crippen molar-refractivity contribution in [2.24, 2.45) is 5.92 Å². The lowest BCUT2D eigenvalue weighted by Gasteiger charge is -2.33. The summed E-state index contributed by atoms with van der Waals surface area (Å²) in [5, 5.41) is 17.1. The van der Waals surface area contributed by atoms with Gasteiger partial charge in [0.05, 0.1) is 23.3 Å². The number of hydrogen-bond donors (Lipinski definition) is 1. The molecule has 0 radical (unpaired) electrons. The molecule has 5 rings (SSSR count). The molecule has 1 N–H and O–H groups in total. The normalized spacial score (nSPS) is 20.8. The number of benzene rings is 1. The number of fused-ring (bicyclic) bond motifs is 1. The number of piperidine rings is 1. The van der Waals surface area contributed by atoms with Gasteiger partial charge in [-0.2, -0.15) is 10.4 Å². The standard InChI is InChI=1S/C23H24F2N6/c24-23(25)6-9-30(10-7-23)22-19(18-3-1-16(12-26)2-4-18)11-21-20(29-22)14-28-31(21)15-17-5-8-27-13-17/h1-4,11,14,17,27H,5-10,13,15H2/t17-/m0/s1. The maximum atomic E-state index is 13.8. The van der Waals surface area contributed by atoms with Crippen molar-refractivity contribution in [3.05, 3.63) is 42.1 Å². The highest BCUT2D eigenvalue weighted by atomic mass is 19.3. The van der Waals surface area contributed by atoms with Gasteiger partial charge in [0.2, 0.25) is 0 Å². The van der Waals surface area contributed by atoms with Gasteiger partial charge in [0.1, 0.15) is 11.3 Å². The maximum Gasteiger partial charge on any atom is 0.251 e. The second kappa shape index (κ2) is 7.89. The third-order valence-corrected chi connectivity index (χ3v) is 6.32. The quantitative estimate of drug-likeness (QED) is 0.692. The van der Waals surface area contributed by atoms with Crippen LogP contribution in [0.1, 0.15) is 24.8 Å². The number of nitriles is 1. The van der Waals surface area contributed by atoms with Gasteiger partial charge in [-0.15, -0.1) is 0 Å². The number of aromatic nitrogens is 3. The molecular weight excluding hydrogens is 398 g/mol. The van der Waals surface area contributed by atoms with Gasteiger partial charge in [0.25, 0.3) is 5.92 Å². The lowest BCUT2D eigenvalue weighted by molar-refractivity contribution is -0.0221. The number of pyridine rings is 1. The summed E-state index contributed by atoms with van der Waals surface area (Å²) in [6.07, 6.45) is 2.54. The Morgan fingerprint density at radius 1 is 1.19 bits per heavy atom. The highest BCUT2D eigenvalue weighted by molar-refractivity contribution is 5.88. The first kappa shape index (κ1) is 19.9. The smallest absolute Gasteiger partial charge is 0.251 e. The van der Waals surface area contributed by atoms with Crippen LogP contribution in [0.4, 0.5) is 14.6 Å². The number of hydrogen-bond acceptors (Lipinski definition) is 5. The second-order valence-corrected chi connectivity index (χ2v) is 8.48. The van der Waals surface area contributed by atoms with Crippen LogP contribution in [-0.4, -0.2) is 46.9 Å². The van der Waals surface area contributed by atoms with Crippen LogP contribution in [0, 0.1) is 17.2 Å². The van der Waals surface area contributed by atoms with Crippen LogP contribution in [0.5, 0.6) is 0 Å². The molecule has 0 unspecified atom stereocenters. The Balaban J connectivity index is 1.57. The number of rotatable bonds is 4. The molecule has 2 fully saturated rings. The molecule has 2 aliphatic heterocycles. The van der Waals surface area contributed by atoms with E-state index in [1.807, 2.05) is 21.7 Å². The summed E-state index contributed by atoms with van der Waals surface area (Å²) in [5.41, 5.74) is 4.09. The van der Waals surface area contributed by atoms with Gasteiger partial charge >= 0.3 is 0 Å². The molecular formula is C23H24F2N6. The van der Waals surface area contributed by atoms with Gasteiger partial charge in [-0.05, 0) is 49.2 Å². The van der Waals surface area contributed by atoms with Crippen LogP contribution >= 0.6 is 0 Å². The van der Waals surface area contributed by atoms with Crippen LogP contribution in [-0.2, 0) is 6.54 Å². The van der Waals surface area contributed by atoms with Gasteiger partial charge in [0, 0.05) is 38.0 Å². The first-order chi connectivity index (χ1) is 15.0. The largest absolute Gasteiger partial charge is 0.356 e. The molecule has 1 atom stereocenters. The van der Waals surface area contributed by atoms with E-state index in [2.05, 4.69) is 22.6 Å². The minimum atomic E-state index is -2.62. The van der Waals surface area contributed by atoms with E-state index < -0.39 is 5.92 Å². The first-order valence-electron chi connectivity index (χ1n) is 10.7. The van der Waals surface area contributed by atoms with Crippen LogP contribution in [0.25, 0.3) is 22.2 Å². The van der Waals surface area contributed by atoms with Crippen molar-refractivity contribution >= 4 is 16.9 Å². The summed E-state index contributed by atoms with van der Waals surface area (Å²) in [5.74, 6) is -1.38. The summed E-state index contributed by atoms with van der Waals surface area (Å²) in [7, 11) is 0. The van der Waals surface area contributed by atoms with Crippen LogP contribution in [0.2, 0.25) is 0 Å². The van der Waals surface area contributed by atoms with Crippen LogP contribution in [0.15, 0.2) is 36.5 Å². The monoisotopic (exact) mass is 422 g/mol. The Bertz CT molecular complexity index is 1120. The van der Waals surface area contributed by atoms with Crippen molar-refractivity contribution in [3.8, 4) is 17.2 Å². The van der Waals surface area contributed by atoms with E-state index in [9.17, 15) is 8.78 Å². The minimum absolute atomic E-state index is 0.173. The number of anilines is 1. The summed E-state index contributed by atoms with van der Waals surface area (Å²) >= 11 is 0. The van der Waals surface area contributed by atoms with E-state index in [0.29, 0.717) is 17.3 Å². The summed E-state index contributed by atoms with van der Waals surface area (Å²) in [4.78, 5) is 6.82. The zero-order chi connectivity index (χ0) is 21.4. The van der Waals surface area contributed by atoms with Crippen molar-refractivity contribution in [3.63, 3.8) is 0 Å². The molecule has 0 spiro atoms. The number of alkyl halides is 2. The average Bonchev–Trinajstić information content (AvgIpc) is 3.43. The van der Waals surface area contributed by atoms with Crippen LogP contribution in [0.3, 0.4) is 0 Å². The van der Waals surface area contributed by atoms with E-state index in [4.69, 9.17) is 10.2 Å². The van der Waals surface area contributed by atoms with Crippen molar-refractivity contribution in [1.82, 2.24) is 20.1 Å². The molecule has 1 aromatic carbocycles. The zero-order valence-corrected chi connectivity index (χ0v) is 17.2. The van der Waals surface area contributed by atoms with Crippen molar-refractivity contribution in [2.75, 3.05) is 31.1 Å². The number of nitrogens with one attached hydrogen (secondary N) is 1. The third kappa shape index (κ3) is 3.98. The summed E-state index contributed by atoms with van der Waals surface area (Å²) in [6.45, 7) is 3.35. The summed E-state index contributed by atoms with van der Waals surface area (Å²) < 4.78 is 29.5. The molecule has 0 saturated carbocycles. The Morgan fingerprint density at radius 2 is 1.97 bits per heavy atom. The predicted octanol–water partition coefficient (Wildman–Crippen LogP) is 3.81. The summed E-state index contributed by atoms with van der Waals surface area (Å²) in [6, 6.07) is 11.5. The lowest BCUT2D eigenvalue weighted by Crippen LogP contribution is -2.40. The Labute approximate surface area is 179 Å².